The van der Waals surface area contributed by atoms with Crippen molar-refractivity contribution < 1.29 is 19.1 Å². The van der Waals surface area contributed by atoms with Gasteiger partial charge < -0.3 is 10.1 Å². The molecule has 0 radical (unpaired) electrons. The molecule has 0 bridgehead atoms. The van der Waals surface area contributed by atoms with Gasteiger partial charge in [-0.2, -0.15) is 0 Å². The van der Waals surface area contributed by atoms with Crippen LogP contribution in [-0.2, 0) is 9.59 Å². The van der Waals surface area contributed by atoms with Crippen molar-refractivity contribution in [3.8, 4) is 5.75 Å². The lowest BCUT2D eigenvalue weighted by atomic mass is 10.1. The van der Waals surface area contributed by atoms with E-state index in [9.17, 15) is 14.4 Å². The Morgan fingerprint density at radius 2 is 1.97 bits per heavy atom. The minimum absolute atomic E-state index is 0.0838. The molecule has 152 valence electrons. The van der Waals surface area contributed by atoms with Crippen LogP contribution in [0.1, 0.15) is 34.8 Å². The molecule has 0 saturated heterocycles. The molecule has 1 aliphatic heterocycles. The summed E-state index contributed by atoms with van der Waals surface area (Å²) in [5.41, 5.74) is 7.72. The van der Waals surface area contributed by atoms with Crippen LogP contribution in [0.15, 0.2) is 41.3 Å². The Kier molecular flexibility index (Phi) is 6.43. The Morgan fingerprint density at radius 1 is 1.17 bits per heavy atom. The molecule has 0 fully saturated rings. The van der Waals surface area contributed by atoms with Gasteiger partial charge in [0.1, 0.15) is 5.75 Å². The van der Waals surface area contributed by atoms with Gasteiger partial charge in [0.05, 0.1) is 5.69 Å². The number of carbonyl (C=O) groups is 3. The maximum absolute atomic E-state index is 12.4. The second-order valence-corrected chi connectivity index (χ2v) is 7.90. The molecular formula is C21H23N3O4S. The monoisotopic (exact) mass is 413 g/mol. The van der Waals surface area contributed by atoms with Gasteiger partial charge >= 0.3 is 0 Å². The molecular weight excluding hydrogens is 390 g/mol. The van der Waals surface area contributed by atoms with Crippen LogP contribution in [0.4, 0.5) is 5.69 Å². The number of thioether (sulfide) groups is 1. The maximum atomic E-state index is 12.4. The van der Waals surface area contributed by atoms with E-state index < -0.39 is 17.9 Å². The van der Waals surface area contributed by atoms with Crippen molar-refractivity contribution in [1.29, 1.82) is 0 Å². The van der Waals surface area contributed by atoms with Crippen LogP contribution >= 0.6 is 11.8 Å². The van der Waals surface area contributed by atoms with Crippen molar-refractivity contribution in [2.75, 3.05) is 11.1 Å². The van der Waals surface area contributed by atoms with Crippen LogP contribution in [0.25, 0.3) is 0 Å². The molecule has 3 rings (SSSR count). The normalized spacial score (nSPS) is 14.1. The zero-order valence-corrected chi connectivity index (χ0v) is 17.3. The molecule has 0 aromatic heterocycles. The number of fused-ring (bicyclic) bond motifs is 1. The molecule has 29 heavy (non-hydrogen) atoms. The first-order valence-corrected chi connectivity index (χ1v) is 10.2. The Labute approximate surface area is 173 Å². The number of rotatable bonds is 4. The highest BCUT2D eigenvalue weighted by atomic mass is 32.2. The van der Waals surface area contributed by atoms with E-state index in [0.717, 1.165) is 16.0 Å². The molecule has 7 nitrogen and oxygen atoms in total. The van der Waals surface area contributed by atoms with Gasteiger partial charge in [0.2, 0.25) is 5.91 Å². The first-order valence-electron chi connectivity index (χ1n) is 9.25. The largest absolute Gasteiger partial charge is 0.481 e. The minimum atomic E-state index is -0.793. The third-order valence-corrected chi connectivity index (χ3v) is 5.70. The molecule has 0 spiro atoms. The summed E-state index contributed by atoms with van der Waals surface area (Å²) in [6.45, 7) is 5.50. The second kappa shape index (κ2) is 9.00. The number of hydrazine groups is 1. The molecule has 8 heteroatoms. The summed E-state index contributed by atoms with van der Waals surface area (Å²) in [6.07, 6.45) is -0.367. The summed E-state index contributed by atoms with van der Waals surface area (Å²) >= 11 is 1.56. The fourth-order valence-electron chi connectivity index (χ4n) is 2.75. The molecule has 0 aliphatic carbocycles. The lowest BCUT2D eigenvalue weighted by molar-refractivity contribution is -0.128. The van der Waals surface area contributed by atoms with Gasteiger partial charge in [0, 0.05) is 22.6 Å². The standard InChI is InChI=1S/C21H23N3O4S/c1-12-5-4-6-17(13(12)2)28-14(3)20(26)23-24-21(27)15-7-8-18-16(11-15)22-19(25)9-10-29-18/h4-8,11,14H,9-10H2,1-3H3,(H,22,25)(H,23,26)(H,24,27). The van der Waals surface area contributed by atoms with Crippen LogP contribution in [0.3, 0.4) is 0 Å². The smallest absolute Gasteiger partial charge is 0.279 e. The third-order valence-electron chi connectivity index (χ3n) is 4.63. The molecule has 0 saturated carbocycles. The molecule has 2 aromatic rings. The highest BCUT2D eigenvalue weighted by Crippen LogP contribution is 2.31. The minimum Gasteiger partial charge on any atom is -0.481 e. The highest BCUT2D eigenvalue weighted by molar-refractivity contribution is 7.99. The molecule has 3 amide bonds. The number of ether oxygens (including phenoxy) is 1. The fourth-order valence-corrected chi connectivity index (χ4v) is 3.69. The van der Waals surface area contributed by atoms with E-state index in [0.29, 0.717) is 29.2 Å². The number of amides is 3. The lowest BCUT2D eigenvalue weighted by Gasteiger charge is -2.17. The summed E-state index contributed by atoms with van der Waals surface area (Å²) in [7, 11) is 0. The van der Waals surface area contributed by atoms with Crippen LogP contribution < -0.4 is 20.9 Å². The number of hydrogen-bond acceptors (Lipinski definition) is 5. The molecule has 2 aromatic carbocycles. The van der Waals surface area contributed by atoms with E-state index >= 15 is 0 Å². The molecule has 1 atom stereocenters. The summed E-state index contributed by atoms with van der Waals surface area (Å²) in [5.74, 6) is 0.276. The van der Waals surface area contributed by atoms with Gasteiger partial charge in [-0.3, -0.25) is 25.2 Å². The van der Waals surface area contributed by atoms with Crippen molar-refractivity contribution in [2.24, 2.45) is 0 Å². The predicted molar refractivity (Wildman–Crippen MR) is 112 cm³/mol. The van der Waals surface area contributed by atoms with Gasteiger partial charge in [0.25, 0.3) is 11.8 Å². The number of hydrogen-bond donors (Lipinski definition) is 3. The van der Waals surface area contributed by atoms with E-state index in [1.165, 1.54) is 0 Å². The highest BCUT2D eigenvalue weighted by Gasteiger charge is 2.19. The van der Waals surface area contributed by atoms with E-state index in [1.54, 1.807) is 43.0 Å². The van der Waals surface area contributed by atoms with Crippen molar-refractivity contribution in [3.63, 3.8) is 0 Å². The van der Waals surface area contributed by atoms with Crippen LogP contribution in [0, 0.1) is 13.8 Å². The fraction of sp³-hybridized carbons (Fsp3) is 0.286. The van der Waals surface area contributed by atoms with E-state index in [-0.39, 0.29) is 5.91 Å². The van der Waals surface area contributed by atoms with Gasteiger partial charge in [-0.05, 0) is 56.2 Å². The Morgan fingerprint density at radius 3 is 2.76 bits per heavy atom. The predicted octanol–water partition coefficient (Wildman–Crippen LogP) is 2.97. The number of anilines is 1. The van der Waals surface area contributed by atoms with Crippen molar-refractivity contribution in [2.45, 2.75) is 38.2 Å². The average molecular weight is 413 g/mol. The van der Waals surface area contributed by atoms with Gasteiger partial charge in [-0.15, -0.1) is 11.8 Å². The van der Waals surface area contributed by atoms with Crippen molar-refractivity contribution >= 4 is 35.2 Å². The van der Waals surface area contributed by atoms with Crippen molar-refractivity contribution in [1.82, 2.24) is 10.9 Å². The average Bonchev–Trinajstić information content (AvgIpc) is 2.89. The van der Waals surface area contributed by atoms with E-state index in [2.05, 4.69) is 16.2 Å². The Bertz CT molecular complexity index is 961. The molecule has 1 aliphatic rings. The Hall–Kier alpha value is -3.00. The SMILES string of the molecule is Cc1cccc(OC(C)C(=O)NNC(=O)c2ccc3c(c2)NC(=O)CCS3)c1C. The number of carbonyl (C=O) groups excluding carboxylic acids is 3. The van der Waals surface area contributed by atoms with Gasteiger partial charge in [-0.25, -0.2) is 0 Å². The van der Waals surface area contributed by atoms with E-state index in [4.69, 9.17) is 4.74 Å². The summed E-state index contributed by atoms with van der Waals surface area (Å²) in [6, 6.07) is 10.7. The molecule has 1 unspecified atom stereocenters. The first-order chi connectivity index (χ1) is 13.8. The molecule has 1 heterocycles. The van der Waals surface area contributed by atoms with Crippen LogP contribution in [0.2, 0.25) is 0 Å². The number of nitrogens with one attached hydrogen (secondary N) is 3. The summed E-state index contributed by atoms with van der Waals surface area (Å²) < 4.78 is 5.71. The van der Waals surface area contributed by atoms with Crippen LogP contribution in [-0.4, -0.2) is 29.6 Å². The third kappa shape index (κ3) is 5.08. The topological polar surface area (TPSA) is 96.5 Å². The lowest BCUT2D eigenvalue weighted by Crippen LogP contribution is -2.47. The number of aryl methyl sites for hydroxylation is 1. The number of benzene rings is 2. The van der Waals surface area contributed by atoms with E-state index in [1.807, 2.05) is 26.0 Å². The van der Waals surface area contributed by atoms with Gasteiger partial charge in [0.15, 0.2) is 6.10 Å². The van der Waals surface area contributed by atoms with Crippen molar-refractivity contribution in [3.05, 3.63) is 53.1 Å². The summed E-state index contributed by atoms with van der Waals surface area (Å²) in [4.78, 5) is 37.3. The zero-order chi connectivity index (χ0) is 21.0. The summed E-state index contributed by atoms with van der Waals surface area (Å²) in [5, 5.41) is 2.79. The van der Waals surface area contributed by atoms with Crippen LogP contribution in [0.5, 0.6) is 5.75 Å². The zero-order valence-electron chi connectivity index (χ0n) is 16.5. The second-order valence-electron chi connectivity index (χ2n) is 6.76. The first kappa shape index (κ1) is 20.7. The quantitative estimate of drug-likeness (QED) is 0.670. The van der Waals surface area contributed by atoms with Gasteiger partial charge in [-0.1, -0.05) is 12.1 Å². The molecule has 3 N–H and O–H groups in total. The Balaban J connectivity index is 1.59. The maximum Gasteiger partial charge on any atom is 0.279 e.